The highest BCUT2D eigenvalue weighted by atomic mass is 19.3. The van der Waals surface area contributed by atoms with Crippen LogP contribution in [-0.2, 0) is 11.2 Å². The summed E-state index contributed by atoms with van der Waals surface area (Å²) in [4.78, 5) is 0. The van der Waals surface area contributed by atoms with Gasteiger partial charge in [0.05, 0.1) is 0 Å². The minimum absolute atomic E-state index is 0.147. The van der Waals surface area contributed by atoms with Gasteiger partial charge in [-0.1, -0.05) is 31.2 Å². The van der Waals surface area contributed by atoms with Crippen LogP contribution in [0.1, 0.15) is 30.5 Å². The third-order valence-electron chi connectivity index (χ3n) is 2.90. The first-order chi connectivity index (χ1) is 8.67. The number of aryl methyl sites for hydroxylation is 1. The summed E-state index contributed by atoms with van der Waals surface area (Å²) >= 11 is 0. The standard InChI is InChI=1S/C14H21F2NO/c1-3-11-5-4-6-12(9-11)13(17-2)7-8-18-10-14(15)16/h4-6,9,13-14,17H,3,7-8,10H2,1-2H3. The van der Waals surface area contributed by atoms with Crippen molar-refractivity contribution in [2.24, 2.45) is 0 Å². The van der Waals surface area contributed by atoms with Gasteiger partial charge in [0.1, 0.15) is 6.61 Å². The first-order valence-electron chi connectivity index (χ1n) is 6.29. The van der Waals surface area contributed by atoms with Crippen molar-refractivity contribution in [3.05, 3.63) is 35.4 Å². The van der Waals surface area contributed by atoms with Crippen LogP contribution < -0.4 is 5.32 Å². The molecule has 0 radical (unpaired) electrons. The maximum absolute atomic E-state index is 11.9. The average Bonchev–Trinajstić information content (AvgIpc) is 2.38. The van der Waals surface area contributed by atoms with Gasteiger partial charge >= 0.3 is 0 Å². The van der Waals surface area contributed by atoms with Gasteiger partial charge in [-0.05, 0) is 31.0 Å². The lowest BCUT2D eigenvalue weighted by atomic mass is 10.0. The maximum atomic E-state index is 11.9. The molecule has 0 fully saturated rings. The molecule has 0 saturated carbocycles. The lowest BCUT2D eigenvalue weighted by molar-refractivity contribution is 0.0145. The average molecular weight is 257 g/mol. The lowest BCUT2D eigenvalue weighted by Crippen LogP contribution is -2.19. The minimum Gasteiger partial charge on any atom is -0.375 e. The molecule has 2 nitrogen and oxygen atoms in total. The van der Waals surface area contributed by atoms with Crippen molar-refractivity contribution in [3.8, 4) is 0 Å². The van der Waals surface area contributed by atoms with Gasteiger partial charge in [-0.3, -0.25) is 0 Å². The van der Waals surface area contributed by atoms with Crippen molar-refractivity contribution in [3.63, 3.8) is 0 Å². The van der Waals surface area contributed by atoms with Gasteiger partial charge < -0.3 is 10.1 Å². The van der Waals surface area contributed by atoms with E-state index in [0.29, 0.717) is 13.0 Å². The molecule has 0 saturated heterocycles. The van der Waals surface area contributed by atoms with E-state index in [2.05, 4.69) is 24.4 Å². The van der Waals surface area contributed by atoms with Crippen LogP contribution >= 0.6 is 0 Å². The van der Waals surface area contributed by atoms with Crippen molar-refractivity contribution < 1.29 is 13.5 Å². The normalized spacial score (nSPS) is 12.9. The molecule has 1 N–H and O–H groups in total. The number of alkyl halides is 2. The molecule has 1 rings (SSSR count). The SMILES string of the molecule is CCc1cccc(C(CCOCC(F)F)NC)c1. The zero-order valence-corrected chi connectivity index (χ0v) is 11.0. The Bertz CT molecular complexity index is 344. The molecule has 102 valence electrons. The van der Waals surface area contributed by atoms with Crippen LogP contribution in [0.3, 0.4) is 0 Å². The molecule has 0 aliphatic heterocycles. The van der Waals surface area contributed by atoms with E-state index in [1.807, 2.05) is 19.2 Å². The van der Waals surface area contributed by atoms with Crippen LogP contribution in [0.15, 0.2) is 24.3 Å². The quantitative estimate of drug-likeness (QED) is 0.722. The molecule has 1 atom stereocenters. The topological polar surface area (TPSA) is 21.3 Å². The summed E-state index contributed by atoms with van der Waals surface area (Å²) in [7, 11) is 1.87. The summed E-state index contributed by atoms with van der Waals surface area (Å²) in [5, 5.41) is 3.19. The molecule has 0 spiro atoms. The second-order valence-electron chi connectivity index (χ2n) is 4.19. The van der Waals surface area contributed by atoms with E-state index in [-0.39, 0.29) is 6.04 Å². The summed E-state index contributed by atoms with van der Waals surface area (Å²) in [5.41, 5.74) is 2.46. The summed E-state index contributed by atoms with van der Waals surface area (Å²) in [6.45, 7) is 1.97. The molecule has 0 aliphatic carbocycles. The molecular weight excluding hydrogens is 236 g/mol. The summed E-state index contributed by atoms with van der Waals surface area (Å²) in [6, 6.07) is 8.46. The molecule has 4 heteroatoms. The van der Waals surface area contributed by atoms with Crippen LogP contribution in [0.5, 0.6) is 0 Å². The van der Waals surface area contributed by atoms with Crippen LogP contribution in [0.2, 0.25) is 0 Å². The van der Waals surface area contributed by atoms with Gasteiger partial charge in [-0.15, -0.1) is 0 Å². The van der Waals surface area contributed by atoms with E-state index in [1.165, 1.54) is 11.1 Å². The van der Waals surface area contributed by atoms with Gasteiger partial charge in [0.25, 0.3) is 6.43 Å². The molecule has 0 aliphatic rings. The monoisotopic (exact) mass is 257 g/mol. The molecule has 0 amide bonds. The van der Waals surface area contributed by atoms with Crippen molar-refractivity contribution in [1.29, 1.82) is 0 Å². The van der Waals surface area contributed by atoms with E-state index in [1.54, 1.807) is 0 Å². The molecular formula is C14H21F2NO. The number of hydrogen-bond acceptors (Lipinski definition) is 2. The molecule has 1 aromatic rings. The third-order valence-corrected chi connectivity index (χ3v) is 2.90. The zero-order chi connectivity index (χ0) is 13.4. The predicted molar refractivity (Wildman–Crippen MR) is 69.1 cm³/mol. The minimum atomic E-state index is -2.39. The third kappa shape index (κ3) is 5.10. The van der Waals surface area contributed by atoms with Gasteiger partial charge in [-0.25, -0.2) is 8.78 Å². The van der Waals surface area contributed by atoms with Crippen LogP contribution in [0.4, 0.5) is 8.78 Å². The van der Waals surface area contributed by atoms with Crippen molar-refractivity contribution in [2.75, 3.05) is 20.3 Å². The number of hydrogen-bond donors (Lipinski definition) is 1. The van der Waals surface area contributed by atoms with E-state index >= 15 is 0 Å². The Morgan fingerprint density at radius 3 is 2.72 bits per heavy atom. The Morgan fingerprint density at radius 1 is 1.33 bits per heavy atom. The largest absolute Gasteiger partial charge is 0.375 e. The second kappa shape index (κ2) is 8.16. The highest BCUT2D eigenvalue weighted by molar-refractivity contribution is 5.26. The fourth-order valence-corrected chi connectivity index (χ4v) is 1.88. The van der Waals surface area contributed by atoms with Crippen molar-refractivity contribution in [2.45, 2.75) is 32.2 Å². The Labute approximate surface area is 107 Å². The van der Waals surface area contributed by atoms with Crippen molar-refractivity contribution >= 4 is 0 Å². The van der Waals surface area contributed by atoms with Crippen LogP contribution in [0, 0.1) is 0 Å². The van der Waals surface area contributed by atoms with Crippen LogP contribution in [0.25, 0.3) is 0 Å². The molecule has 0 aromatic heterocycles. The molecule has 1 unspecified atom stereocenters. The van der Waals surface area contributed by atoms with Gasteiger partial charge in [0, 0.05) is 12.6 Å². The van der Waals surface area contributed by atoms with E-state index in [9.17, 15) is 8.78 Å². The zero-order valence-electron chi connectivity index (χ0n) is 11.0. The Hall–Kier alpha value is -1.00. The maximum Gasteiger partial charge on any atom is 0.261 e. The number of halogens is 2. The first-order valence-corrected chi connectivity index (χ1v) is 6.29. The fourth-order valence-electron chi connectivity index (χ4n) is 1.88. The van der Waals surface area contributed by atoms with Crippen LogP contribution in [-0.4, -0.2) is 26.7 Å². The Morgan fingerprint density at radius 2 is 2.11 bits per heavy atom. The molecule has 18 heavy (non-hydrogen) atoms. The Kier molecular flexibility index (Phi) is 6.83. The smallest absolute Gasteiger partial charge is 0.261 e. The lowest BCUT2D eigenvalue weighted by Gasteiger charge is -2.17. The van der Waals surface area contributed by atoms with Crippen molar-refractivity contribution in [1.82, 2.24) is 5.32 Å². The van der Waals surface area contributed by atoms with Gasteiger partial charge in [-0.2, -0.15) is 0 Å². The number of ether oxygens (including phenoxy) is 1. The summed E-state index contributed by atoms with van der Waals surface area (Å²) in [6.07, 6.45) is -0.704. The van der Waals surface area contributed by atoms with E-state index in [4.69, 9.17) is 4.74 Å². The highest BCUT2D eigenvalue weighted by Gasteiger charge is 2.10. The summed E-state index contributed by atoms with van der Waals surface area (Å²) < 4.78 is 28.8. The molecule has 1 aromatic carbocycles. The van der Waals surface area contributed by atoms with Gasteiger partial charge in [0.15, 0.2) is 0 Å². The number of nitrogens with one attached hydrogen (secondary N) is 1. The molecule has 0 heterocycles. The first kappa shape index (κ1) is 15.1. The summed E-state index contributed by atoms with van der Waals surface area (Å²) in [5.74, 6) is 0. The predicted octanol–water partition coefficient (Wildman–Crippen LogP) is 3.18. The van der Waals surface area contributed by atoms with E-state index in [0.717, 1.165) is 6.42 Å². The highest BCUT2D eigenvalue weighted by Crippen LogP contribution is 2.18. The number of benzene rings is 1. The number of rotatable bonds is 8. The molecule has 0 bridgehead atoms. The second-order valence-corrected chi connectivity index (χ2v) is 4.19. The van der Waals surface area contributed by atoms with E-state index < -0.39 is 13.0 Å². The fraction of sp³-hybridized carbons (Fsp3) is 0.571. The van der Waals surface area contributed by atoms with Gasteiger partial charge in [0.2, 0.25) is 0 Å². The Balaban J connectivity index is 2.49.